The van der Waals surface area contributed by atoms with E-state index in [9.17, 15) is 31.1 Å². The number of hydrogen-bond donors (Lipinski definition) is 1. The zero-order chi connectivity index (χ0) is 21.7. The summed E-state index contributed by atoms with van der Waals surface area (Å²) < 4.78 is 83.6. The smallest absolute Gasteiger partial charge is 0.422 e. The van der Waals surface area contributed by atoms with Crippen molar-refractivity contribution in [1.82, 2.24) is 10.2 Å². The Morgan fingerprint density at radius 2 is 1.79 bits per heavy atom. The fourth-order valence-electron chi connectivity index (χ4n) is 3.08. The minimum absolute atomic E-state index is 0.0909. The van der Waals surface area contributed by atoms with E-state index >= 15 is 0 Å². The number of rotatable bonds is 8. The Kier molecular flexibility index (Phi) is 7.61. The monoisotopic (exact) mass is 428 g/mol. The highest BCUT2D eigenvalue weighted by Crippen LogP contribution is 2.28. The molecule has 1 heterocycles. The van der Waals surface area contributed by atoms with Crippen LogP contribution in [0, 0.1) is 0 Å². The molecule has 1 fully saturated rings. The number of likely N-dealkylation sites (N-methyl/N-ethyl adjacent to an activating group) is 1. The Labute approximate surface area is 163 Å². The molecule has 29 heavy (non-hydrogen) atoms. The van der Waals surface area contributed by atoms with Crippen LogP contribution < -0.4 is 14.8 Å². The highest BCUT2D eigenvalue weighted by molar-refractivity contribution is 5.97. The van der Waals surface area contributed by atoms with Crippen LogP contribution in [-0.2, 0) is 0 Å². The van der Waals surface area contributed by atoms with Crippen LogP contribution in [0.4, 0.5) is 26.3 Å². The van der Waals surface area contributed by atoms with E-state index in [-0.39, 0.29) is 23.9 Å². The number of likely N-dealkylation sites (tertiary alicyclic amines) is 1. The predicted molar refractivity (Wildman–Crippen MR) is 92.1 cm³/mol. The number of carbonyl (C=O) groups excluding carboxylic acids is 1. The lowest BCUT2D eigenvalue weighted by molar-refractivity contribution is -0.154. The number of carbonyl (C=O) groups is 1. The lowest BCUT2D eigenvalue weighted by Gasteiger charge is -2.23. The Morgan fingerprint density at radius 3 is 2.41 bits per heavy atom. The molecule has 1 amide bonds. The van der Waals surface area contributed by atoms with Gasteiger partial charge in [0.25, 0.3) is 5.91 Å². The Balaban J connectivity index is 2.13. The minimum atomic E-state index is -4.63. The molecule has 1 aliphatic rings. The molecule has 2 rings (SSSR count). The van der Waals surface area contributed by atoms with Crippen molar-refractivity contribution >= 4 is 5.91 Å². The first kappa shape index (κ1) is 23.1. The molecule has 1 unspecified atom stereocenters. The maximum Gasteiger partial charge on any atom is 0.422 e. The summed E-state index contributed by atoms with van der Waals surface area (Å²) in [7, 11) is 0. The fraction of sp³-hybridized carbons (Fsp3) is 0.611. The van der Waals surface area contributed by atoms with Crippen molar-refractivity contribution in [1.29, 1.82) is 0 Å². The molecule has 0 spiro atoms. The fourth-order valence-corrected chi connectivity index (χ4v) is 3.08. The van der Waals surface area contributed by atoms with Gasteiger partial charge in [-0.25, -0.2) is 0 Å². The summed E-state index contributed by atoms with van der Waals surface area (Å²) >= 11 is 0. The number of ether oxygens (including phenoxy) is 2. The Bertz CT molecular complexity index is 693. The van der Waals surface area contributed by atoms with Crippen LogP contribution in [0.3, 0.4) is 0 Å². The van der Waals surface area contributed by atoms with Gasteiger partial charge in [0.1, 0.15) is 11.5 Å². The summed E-state index contributed by atoms with van der Waals surface area (Å²) in [6, 6.07) is 3.04. The molecule has 0 aromatic heterocycles. The SMILES string of the molecule is CCN1CCCC1CNC(=O)c1cc(OCC(F)(F)F)ccc1OCC(F)(F)F. The lowest BCUT2D eigenvalue weighted by Crippen LogP contribution is -2.40. The normalized spacial score (nSPS) is 18.0. The van der Waals surface area contributed by atoms with Crippen LogP contribution in [0.2, 0.25) is 0 Å². The van der Waals surface area contributed by atoms with Gasteiger partial charge in [-0.1, -0.05) is 6.92 Å². The summed E-state index contributed by atoms with van der Waals surface area (Å²) in [5, 5.41) is 2.62. The van der Waals surface area contributed by atoms with Crippen molar-refractivity contribution in [2.24, 2.45) is 0 Å². The van der Waals surface area contributed by atoms with Crippen molar-refractivity contribution in [3.8, 4) is 11.5 Å². The largest absolute Gasteiger partial charge is 0.484 e. The second-order valence-electron chi connectivity index (χ2n) is 6.60. The van der Waals surface area contributed by atoms with Gasteiger partial charge in [-0.15, -0.1) is 0 Å². The van der Waals surface area contributed by atoms with E-state index in [4.69, 9.17) is 0 Å². The summed E-state index contributed by atoms with van der Waals surface area (Å²) in [5.41, 5.74) is -0.324. The molecule has 1 N–H and O–H groups in total. The molecule has 0 radical (unpaired) electrons. The van der Waals surface area contributed by atoms with Crippen molar-refractivity contribution in [3.05, 3.63) is 23.8 Å². The average Bonchev–Trinajstić information content (AvgIpc) is 3.09. The van der Waals surface area contributed by atoms with Gasteiger partial charge in [-0.3, -0.25) is 9.69 Å². The third kappa shape index (κ3) is 7.64. The van der Waals surface area contributed by atoms with Crippen molar-refractivity contribution in [2.75, 3.05) is 32.8 Å². The zero-order valence-electron chi connectivity index (χ0n) is 15.7. The van der Waals surface area contributed by atoms with E-state index < -0.39 is 37.2 Å². The van der Waals surface area contributed by atoms with Crippen molar-refractivity contribution < 1.29 is 40.6 Å². The summed E-state index contributed by atoms with van der Waals surface area (Å²) in [6.45, 7) is 0.690. The first-order valence-electron chi connectivity index (χ1n) is 9.04. The number of nitrogens with zero attached hydrogens (tertiary/aromatic N) is 1. The van der Waals surface area contributed by atoms with Crippen molar-refractivity contribution in [3.63, 3.8) is 0 Å². The molecule has 1 aromatic carbocycles. The first-order valence-corrected chi connectivity index (χ1v) is 9.04. The Morgan fingerprint density at radius 1 is 1.14 bits per heavy atom. The van der Waals surface area contributed by atoms with Crippen LogP contribution in [0.1, 0.15) is 30.1 Å². The molecule has 1 aliphatic heterocycles. The van der Waals surface area contributed by atoms with Crippen LogP contribution in [0.25, 0.3) is 0 Å². The molecule has 164 valence electrons. The molecular formula is C18H22F6N2O3. The van der Waals surface area contributed by atoms with E-state index in [1.54, 1.807) is 0 Å². The lowest BCUT2D eigenvalue weighted by atomic mass is 10.1. The third-order valence-corrected chi connectivity index (χ3v) is 4.39. The maximum atomic E-state index is 12.5. The first-order chi connectivity index (χ1) is 13.5. The van der Waals surface area contributed by atoms with Crippen LogP contribution in [0.5, 0.6) is 11.5 Å². The van der Waals surface area contributed by atoms with E-state index in [1.165, 1.54) is 0 Å². The summed E-state index contributed by atoms with van der Waals surface area (Å²) in [4.78, 5) is 14.7. The van der Waals surface area contributed by atoms with Gasteiger partial charge in [-0.05, 0) is 44.1 Å². The molecule has 1 atom stereocenters. The molecule has 0 bridgehead atoms. The van der Waals surface area contributed by atoms with Gasteiger partial charge in [-0.2, -0.15) is 26.3 Å². The van der Waals surface area contributed by atoms with Gasteiger partial charge in [0, 0.05) is 12.6 Å². The molecule has 1 aromatic rings. The Hall–Kier alpha value is -2.17. The summed E-state index contributed by atoms with van der Waals surface area (Å²) in [6.07, 6.45) is -7.40. The van der Waals surface area contributed by atoms with Gasteiger partial charge in [0.15, 0.2) is 13.2 Å². The molecule has 0 saturated carbocycles. The van der Waals surface area contributed by atoms with Gasteiger partial charge >= 0.3 is 12.4 Å². The quantitative estimate of drug-likeness (QED) is 0.641. The number of benzene rings is 1. The number of alkyl halides is 6. The van der Waals surface area contributed by atoms with E-state index in [1.807, 2.05) is 6.92 Å². The zero-order valence-corrected chi connectivity index (χ0v) is 15.7. The van der Waals surface area contributed by atoms with Gasteiger partial charge in [0.2, 0.25) is 0 Å². The van der Waals surface area contributed by atoms with E-state index in [2.05, 4.69) is 19.7 Å². The molecular weight excluding hydrogens is 406 g/mol. The van der Waals surface area contributed by atoms with E-state index in [0.717, 1.165) is 44.1 Å². The van der Waals surface area contributed by atoms with Gasteiger partial charge in [0.05, 0.1) is 5.56 Å². The second kappa shape index (κ2) is 9.55. The summed E-state index contributed by atoms with van der Waals surface area (Å²) in [5.74, 6) is -1.44. The number of halogens is 6. The molecule has 11 heteroatoms. The molecule has 5 nitrogen and oxygen atoms in total. The highest BCUT2D eigenvalue weighted by atomic mass is 19.4. The van der Waals surface area contributed by atoms with Crippen LogP contribution in [0.15, 0.2) is 18.2 Å². The minimum Gasteiger partial charge on any atom is -0.484 e. The standard InChI is InChI=1S/C18H22F6N2O3/c1-2-26-7-3-4-12(26)9-25-16(27)14-8-13(28-10-17(19,20)21)5-6-15(14)29-11-18(22,23)24/h5-6,8,12H,2-4,7,9-11H2,1H3,(H,25,27). The number of nitrogens with one attached hydrogen (secondary N) is 1. The molecule has 1 saturated heterocycles. The van der Waals surface area contributed by atoms with Crippen LogP contribution in [-0.4, -0.2) is 62.0 Å². The molecule has 0 aliphatic carbocycles. The predicted octanol–water partition coefficient (Wildman–Crippen LogP) is 3.78. The van der Waals surface area contributed by atoms with Gasteiger partial charge < -0.3 is 14.8 Å². The van der Waals surface area contributed by atoms with E-state index in [0.29, 0.717) is 0 Å². The topological polar surface area (TPSA) is 50.8 Å². The number of hydrogen-bond acceptors (Lipinski definition) is 4. The second-order valence-corrected chi connectivity index (χ2v) is 6.60. The van der Waals surface area contributed by atoms with Crippen LogP contribution >= 0.6 is 0 Å². The van der Waals surface area contributed by atoms with Crippen molar-refractivity contribution in [2.45, 2.75) is 38.2 Å². The highest BCUT2D eigenvalue weighted by Gasteiger charge is 2.31. The average molecular weight is 428 g/mol. The number of amides is 1. The third-order valence-electron chi connectivity index (χ3n) is 4.39. The maximum absolute atomic E-state index is 12.5.